The Bertz CT molecular complexity index is 698. The molecule has 0 aliphatic carbocycles. The highest BCUT2D eigenvalue weighted by atomic mass is 79.9. The molecule has 0 spiro atoms. The van der Waals surface area contributed by atoms with Crippen LogP contribution in [0.4, 0.5) is 4.39 Å². The smallest absolute Gasteiger partial charge is 0.282 e. The fraction of sp³-hybridized carbons (Fsp3) is 0. The first-order chi connectivity index (χ1) is 8.39. The average Bonchev–Trinajstić information content (AvgIpc) is 2.28. The molecule has 2 aromatic rings. The summed E-state index contributed by atoms with van der Waals surface area (Å²) in [5.74, 6) is -0.569. The molecular weight excluding hydrogens is 323 g/mol. The number of hydrogen-bond acceptors (Lipinski definition) is 2. The van der Waals surface area contributed by atoms with Gasteiger partial charge in [0.2, 0.25) is 0 Å². The van der Waals surface area contributed by atoms with E-state index in [1.165, 1.54) is 30.3 Å². The van der Waals surface area contributed by atoms with Gasteiger partial charge in [-0.25, -0.2) is 4.39 Å². The van der Waals surface area contributed by atoms with E-state index >= 15 is 0 Å². The van der Waals surface area contributed by atoms with E-state index in [1.54, 1.807) is 12.1 Å². The summed E-state index contributed by atoms with van der Waals surface area (Å²) in [6.45, 7) is 0. The van der Waals surface area contributed by atoms with Crippen molar-refractivity contribution in [3.05, 3.63) is 52.8 Å². The number of benzene rings is 2. The fourth-order valence-corrected chi connectivity index (χ4v) is 2.66. The van der Waals surface area contributed by atoms with Crippen LogP contribution < -0.4 is 0 Å². The summed E-state index contributed by atoms with van der Waals surface area (Å²) in [4.78, 5) is -0.314. The maximum atomic E-state index is 13.8. The molecule has 18 heavy (non-hydrogen) atoms. The van der Waals surface area contributed by atoms with E-state index in [1.807, 2.05) is 0 Å². The first-order valence-electron chi connectivity index (χ1n) is 4.91. The van der Waals surface area contributed by atoms with Crippen LogP contribution in [0.15, 0.2) is 51.8 Å². The molecule has 0 aliphatic rings. The number of hydrogen-bond donors (Lipinski definition) is 1. The van der Waals surface area contributed by atoms with Gasteiger partial charge >= 0.3 is 0 Å². The highest BCUT2D eigenvalue weighted by molar-refractivity contribution is 9.10. The van der Waals surface area contributed by atoms with Gasteiger partial charge in [-0.2, -0.15) is 8.42 Å². The van der Waals surface area contributed by atoms with Crippen LogP contribution in [0, 0.1) is 5.82 Å². The zero-order chi connectivity index (χ0) is 13.3. The van der Waals surface area contributed by atoms with Gasteiger partial charge in [-0.3, -0.25) is 4.55 Å². The van der Waals surface area contributed by atoms with E-state index in [2.05, 4.69) is 15.9 Å². The Morgan fingerprint density at radius 2 is 1.72 bits per heavy atom. The van der Waals surface area contributed by atoms with E-state index in [4.69, 9.17) is 4.55 Å². The van der Waals surface area contributed by atoms with Crippen molar-refractivity contribution in [1.82, 2.24) is 0 Å². The first-order valence-corrected chi connectivity index (χ1v) is 7.15. The molecule has 0 aliphatic heterocycles. The van der Waals surface area contributed by atoms with Crippen LogP contribution in [0.3, 0.4) is 0 Å². The Balaban J connectivity index is 2.72. The SMILES string of the molecule is O=S(=O)(O)c1ccccc1-c1ccc(Br)cc1F. The Hall–Kier alpha value is -1.24. The van der Waals surface area contributed by atoms with E-state index in [9.17, 15) is 12.8 Å². The maximum absolute atomic E-state index is 13.8. The highest BCUT2D eigenvalue weighted by Crippen LogP contribution is 2.30. The van der Waals surface area contributed by atoms with Crippen molar-refractivity contribution < 1.29 is 17.4 Å². The summed E-state index contributed by atoms with van der Waals surface area (Å²) in [5.41, 5.74) is 0.247. The third-order valence-electron chi connectivity index (χ3n) is 2.39. The minimum atomic E-state index is -4.39. The van der Waals surface area contributed by atoms with Crippen molar-refractivity contribution in [3.8, 4) is 11.1 Å². The summed E-state index contributed by atoms with van der Waals surface area (Å²) < 4.78 is 45.9. The molecule has 0 heterocycles. The van der Waals surface area contributed by atoms with Gasteiger partial charge < -0.3 is 0 Å². The largest absolute Gasteiger partial charge is 0.295 e. The third-order valence-corrected chi connectivity index (χ3v) is 3.79. The molecule has 2 rings (SSSR count). The Morgan fingerprint density at radius 1 is 1.06 bits per heavy atom. The van der Waals surface area contributed by atoms with Gasteiger partial charge in [0, 0.05) is 15.6 Å². The molecule has 0 fully saturated rings. The quantitative estimate of drug-likeness (QED) is 0.857. The lowest BCUT2D eigenvalue weighted by molar-refractivity contribution is 0.483. The summed E-state index contributed by atoms with van der Waals surface area (Å²) in [6.07, 6.45) is 0. The Morgan fingerprint density at radius 3 is 2.33 bits per heavy atom. The molecule has 0 amide bonds. The van der Waals surface area contributed by atoms with Crippen molar-refractivity contribution >= 4 is 26.0 Å². The van der Waals surface area contributed by atoms with Crippen LogP contribution in [0.5, 0.6) is 0 Å². The lowest BCUT2D eigenvalue weighted by atomic mass is 10.1. The van der Waals surface area contributed by atoms with Crippen molar-refractivity contribution in [2.45, 2.75) is 4.90 Å². The normalized spacial score (nSPS) is 11.5. The fourth-order valence-electron chi connectivity index (χ4n) is 1.62. The predicted molar refractivity (Wildman–Crippen MR) is 69.4 cm³/mol. The van der Waals surface area contributed by atoms with Crippen molar-refractivity contribution in [1.29, 1.82) is 0 Å². The summed E-state index contributed by atoms with van der Waals surface area (Å²) in [7, 11) is -4.39. The first kappa shape index (κ1) is 13.2. The summed E-state index contributed by atoms with van der Waals surface area (Å²) in [6, 6.07) is 9.98. The van der Waals surface area contributed by atoms with Crippen molar-refractivity contribution in [2.75, 3.05) is 0 Å². The van der Waals surface area contributed by atoms with Crippen LogP contribution in [-0.2, 0) is 10.1 Å². The monoisotopic (exact) mass is 330 g/mol. The molecule has 94 valence electrons. The number of rotatable bonds is 2. The molecule has 0 unspecified atom stereocenters. The molecule has 3 nitrogen and oxygen atoms in total. The van der Waals surface area contributed by atoms with Crippen molar-refractivity contribution in [2.24, 2.45) is 0 Å². The van der Waals surface area contributed by atoms with Gasteiger partial charge in [-0.15, -0.1) is 0 Å². The molecule has 0 atom stereocenters. The molecule has 2 aromatic carbocycles. The van der Waals surface area contributed by atoms with Crippen LogP contribution in [0.25, 0.3) is 11.1 Å². The maximum Gasteiger partial charge on any atom is 0.295 e. The summed E-state index contributed by atoms with van der Waals surface area (Å²) in [5, 5.41) is 0. The van der Waals surface area contributed by atoms with E-state index in [-0.39, 0.29) is 16.0 Å². The molecule has 0 aromatic heterocycles. The van der Waals surface area contributed by atoms with E-state index < -0.39 is 15.9 Å². The average molecular weight is 331 g/mol. The topological polar surface area (TPSA) is 54.4 Å². The molecule has 0 saturated carbocycles. The predicted octanol–water partition coefficient (Wildman–Crippen LogP) is 3.50. The molecular formula is C12H8BrFO3S. The van der Waals surface area contributed by atoms with Gasteiger partial charge in [0.1, 0.15) is 10.7 Å². The highest BCUT2D eigenvalue weighted by Gasteiger charge is 2.18. The lowest BCUT2D eigenvalue weighted by Crippen LogP contribution is -2.01. The van der Waals surface area contributed by atoms with Gasteiger partial charge in [-0.1, -0.05) is 40.2 Å². The van der Waals surface area contributed by atoms with Crippen LogP contribution in [0.2, 0.25) is 0 Å². The van der Waals surface area contributed by atoms with Crippen molar-refractivity contribution in [3.63, 3.8) is 0 Å². The zero-order valence-electron chi connectivity index (χ0n) is 8.97. The lowest BCUT2D eigenvalue weighted by Gasteiger charge is -2.08. The van der Waals surface area contributed by atoms with Crippen LogP contribution >= 0.6 is 15.9 Å². The minimum absolute atomic E-state index is 0.117. The molecule has 0 bridgehead atoms. The Labute approximate surface area is 112 Å². The van der Waals surface area contributed by atoms with Crippen LogP contribution in [-0.4, -0.2) is 13.0 Å². The second-order valence-electron chi connectivity index (χ2n) is 3.60. The number of halogens is 2. The van der Waals surface area contributed by atoms with Gasteiger partial charge in [0.25, 0.3) is 10.1 Å². The second-order valence-corrected chi connectivity index (χ2v) is 5.90. The molecule has 6 heteroatoms. The molecule has 0 saturated heterocycles. The minimum Gasteiger partial charge on any atom is -0.282 e. The Kier molecular flexibility index (Phi) is 3.52. The van der Waals surface area contributed by atoms with Gasteiger partial charge in [0.15, 0.2) is 0 Å². The summed E-state index contributed by atoms with van der Waals surface area (Å²) >= 11 is 3.12. The molecule has 1 N–H and O–H groups in total. The van der Waals surface area contributed by atoms with Gasteiger partial charge in [0.05, 0.1) is 0 Å². The second kappa shape index (κ2) is 4.79. The standard InChI is InChI=1S/C12H8BrFO3S/c13-8-5-6-9(11(14)7-8)10-3-1-2-4-12(10)18(15,16)17/h1-7H,(H,15,16,17). The van der Waals surface area contributed by atoms with Crippen LogP contribution in [0.1, 0.15) is 0 Å². The zero-order valence-corrected chi connectivity index (χ0v) is 11.4. The molecule has 0 radical (unpaired) electrons. The van der Waals surface area contributed by atoms with E-state index in [0.717, 1.165) is 0 Å². The third kappa shape index (κ3) is 2.60. The van der Waals surface area contributed by atoms with Gasteiger partial charge in [-0.05, 0) is 18.2 Å². The van der Waals surface area contributed by atoms with E-state index in [0.29, 0.717) is 4.47 Å².